The number of hydrogen-bond acceptors (Lipinski definition) is 8. The van der Waals surface area contributed by atoms with Crippen LogP contribution in [0.25, 0.3) is 0 Å². The normalized spacial score (nSPS) is 55.9. The van der Waals surface area contributed by atoms with Crippen LogP contribution >= 0.6 is 11.6 Å². The first-order valence-corrected chi connectivity index (χ1v) is 18.9. The van der Waals surface area contributed by atoms with Crippen LogP contribution in [0, 0.1) is 53.3 Å². The molecule has 9 rings (SSSR count). The van der Waals surface area contributed by atoms with Gasteiger partial charge in [0.15, 0.2) is 0 Å². The van der Waals surface area contributed by atoms with Gasteiger partial charge in [0, 0.05) is 22.9 Å². The number of nitrogens with one attached hydrogen (secondary N) is 8. The van der Waals surface area contributed by atoms with E-state index in [0.29, 0.717) is 84.8 Å². The Bertz CT molecular complexity index is 975. The summed E-state index contributed by atoms with van der Waals surface area (Å²) in [5, 5.41) is 33.8. The van der Waals surface area contributed by atoms with E-state index >= 15 is 0 Å². The molecule has 0 aromatic heterocycles. The molecule has 8 N–H and O–H groups in total. The minimum atomic E-state index is 0. The van der Waals surface area contributed by atoms with Crippen molar-refractivity contribution in [1.29, 1.82) is 0 Å². The van der Waals surface area contributed by atoms with E-state index in [1.54, 1.807) is 0 Å². The van der Waals surface area contributed by atoms with Gasteiger partial charge in [-0.15, -0.1) is 11.6 Å². The van der Waals surface area contributed by atoms with Crippen LogP contribution in [0.2, 0.25) is 0 Å². The molecule has 9 fully saturated rings. The Hall–Kier alpha value is 0.489. The second kappa shape index (κ2) is 12.8. The predicted molar refractivity (Wildman–Crippen MR) is 167 cm³/mol. The van der Waals surface area contributed by atoms with Crippen LogP contribution in [0.15, 0.2) is 0 Å². The molecule has 8 nitrogen and oxygen atoms in total. The van der Waals surface area contributed by atoms with Crippen molar-refractivity contribution < 1.29 is 17.1 Å². The van der Waals surface area contributed by atoms with Crippen LogP contribution in [0.3, 0.4) is 0 Å². The van der Waals surface area contributed by atoms with Crippen LogP contribution < -0.4 is 42.5 Å². The summed E-state index contributed by atoms with van der Waals surface area (Å²) in [6.07, 6.45) is 23.3. The van der Waals surface area contributed by atoms with Gasteiger partial charge >= 0.3 is 0 Å². The fraction of sp³-hybridized carbons (Fsp3) is 1.00. The van der Waals surface area contributed by atoms with Gasteiger partial charge in [-0.2, -0.15) is 0 Å². The topological polar surface area (TPSA) is 96.2 Å². The van der Waals surface area contributed by atoms with Crippen LogP contribution in [-0.4, -0.2) is 55.2 Å². The Balaban J connectivity index is 0.00000278. The Morgan fingerprint density at radius 3 is 0.953 bits per heavy atom. The largest absolute Gasteiger partial charge is 0.286 e. The molecule has 0 amide bonds. The number of fused-ring (bicyclic) bond motifs is 20. The molecule has 0 spiro atoms. The molecule has 9 aliphatic rings. The molecule has 0 aromatic rings. The first kappa shape index (κ1) is 30.8. The third kappa shape index (κ3) is 5.41. The predicted octanol–water partition coefficient (Wildman–Crippen LogP) is 3.07. The number of rotatable bonds is 1. The summed E-state index contributed by atoms with van der Waals surface area (Å²) in [5.74, 6) is 6.93. The van der Waals surface area contributed by atoms with Gasteiger partial charge < -0.3 is 0 Å². The van der Waals surface area contributed by atoms with E-state index in [0.717, 1.165) is 23.6 Å². The molecular weight excluding hydrogens is 607 g/mol. The summed E-state index contributed by atoms with van der Waals surface area (Å²) < 4.78 is 0. The zero-order chi connectivity index (χ0) is 27.8. The second-order valence-electron chi connectivity index (χ2n) is 16.1. The van der Waals surface area contributed by atoms with Gasteiger partial charge in [0.05, 0.1) is 49.3 Å². The van der Waals surface area contributed by atoms with Crippen molar-refractivity contribution in [1.82, 2.24) is 42.5 Å². The van der Waals surface area contributed by atoms with Gasteiger partial charge in [0.25, 0.3) is 0 Å². The van der Waals surface area contributed by atoms with Crippen LogP contribution in [-0.2, 0) is 17.1 Å². The van der Waals surface area contributed by atoms with E-state index < -0.39 is 0 Å². The average Bonchev–Trinajstić information content (AvgIpc) is 3.76. The van der Waals surface area contributed by atoms with Crippen molar-refractivity contribution in [2.45, 2.75) is 146 Å². The smallest absolute Gasteiger partial charge is 0.0631 e. The Morgan fingerprint density at radius 1 is 0.349 bits per heavy atom. The van der Waals surface area contributed by atoms with Crippen LogP contribution in [0.4, 0.5) is 0 Å². The minimum Gasteiger partial charge on any atom is -0.286 e. The van der Waals surface area contributed by atoms with E-state index in [2.05, 4.69) is 42.5 Å². The Kier molecular flexibility index (Phi) is 9.19. The maximum absolute atomic E-state index is 6.72. The molecular formula is C33H57ClCuN8. The molecule has 17 atom stereocenters. The Labute approximate surface area is 275 Å². The molecule has 43 heavy (non-hydrogen) atoms. The molecule has 4 aliphatic carbocycles. The van der Waals surface area contributed by atoms with Crippen molar-refractivity contribution in [3.05, 3.63) is 0 Å². The van der Waals surface area contributed by atoms with Gasteiger partial charge in [0.2, 0.25) is 0 Å². The average molecular weight is 665 g/mol. The van der Waals surface area contributed by atoms with Gasteiger partial charge in [0.1, 0.15) is 0 Å². The summed E-state index contributed by atoms with van der Waals surface area (Å²) >= 11 is 6.72. The quantitative estimate of drug-likeness (QED) is 0.160. The minimum absolute atomic E-state index is 0. The zero-order valence-corrected chi connectivity index (χ0v) is 27.5. The van der Waals surface area contributed by atoms with E-state index in [1.807, 2.05) is 0 Å². The number of alkyl halides is 1. The molecule has 247 valence electrons. The fourth-order valence-corrected chi connectivity index (χ4v) is 12.7. The fourth-order valence-electron chi connectivity index (χ4n) is 12.4. The molecule has 17 unspecified atom stereocenters. The molecule has 0 aromatic carbocycles. The SMILES string of the molecule is ClCC1CCCC2C3NC4NC(NC5NC(NC6NC(NC(N3)C12)C1CCCCC61)C1CCCCC51)C1CCCCC41.[Cu]. The molecule has 5 aliphatic heterocycles. The molecule has 10 heteroatoms. The first-order chi connectivity index (χ1) is 20.7. The van der Waals surface area contributed by atoms with Crippen LogP contribution in [0.5, 0.6) is 0 Å². The molecule has 1 radical (unpaired) electrons. The molecule has 5 heterocycles. The third-order valence-corrected chi connectivity index (χ3v) is 14.6. The second-order valence-corrected chi connectivity index (χ2v) is 16.4. The zero-order valence-electron chi connectivity index (χ0n) is 25.8. The summed E-state index contributed by atoms with van der Waals surface area (Å²) in [7, 11) is 0. The van der Waals surface area contributed by atoms with Crippen molar-refractivity contribution in [2.75, 3.05) is 5.88 Å². The standard InChI is InChI=1S/C33H57ClN8.Cu/c34-16-17-8-7-15-24-25(17)33-41-31-23-14-6-5-13-22(23)29(39-31)37-27-19-10-2-1-9-18(19)26(35-27)36-28-20-11-3-4-12-21(20)30(38-28)40-32(24)42-33;/h17-33,35-42H,1-16H2;. The van der Waals surface area contributed by atoms with Crippen molar-refractivity contribution in [3.63, 3.8) is 0 Å². The van der Waals surface area contributed by atoms with Gasteiger partial charge in [-0.05, 0) is 105 Å². The van der Waals surface area contributed by atoms with E-state index in [1.165, 1.54) is 96.3 Å². The summed E-state index contributed by atoms with van der Waals surface area (Å²) in [5.41, 5.74) is 0. The summed E-state index contributed by atoms with van der Waals surface area (Å²) in [4.78, 5) is 0. The van der Waals surface area contributed by atoms with Crippen molar-refractivity contribution >= 4 is 11.6 Å². The van der Waals surface area contributed by atoms with Crippen molar-refractivity contribution in [3.8, 4) is 0 Å². The van der Waals surface area contributed by atoms with Gasteiger partial charge in [-0.1, -0.05) is 44.9 Å². The molecule has 5 saturated heterocycles. The maximum Gasteiger partial charge on any atom is 0.0631 e. The summed E-state index contributed by atoms with van der Waals surface area (Å²) in [6, 6.07) is 0. The van der Waals surface area contributed by atoms with Gasteiger partial charge in [-0.3, -0.25) is 42.5 Å². The summed E-state index contributed by atoms with van der Waals surface area (Å²) in [6.45, 7) is 0. The van der Waals surface area contributed by atoms with E-state index in [4.69, 9.17) is 11.6 Å². The van der Waals surface area contributed by atoms with E-state index in [-0.39, 0.29) is 17.1 Å². The molecule has 8 bridgehead atoms. The first-order valence-electron chi connectivity index (χ1n) is 18.4. The van der Waals surface area contributed by atoms with Gasteiger partial charge in [-0.25, -0.2) is 0 Å². The monoisotopic (exact) mass is 663 g/mol. The Morgan fingerprint density at radius 2 is 0.628 bits per heavy atom. The van der Waals surface area contributed by atoms with Crippen LogP contribution in [0.1, 0.15) is 96.3 Å². The van der Waals surface area contributed by atoms with E-state index in [9.17, 15) is 0 Å². The molecule has 4 saturated carbocycles. The third-order valence-electron chi connectivity index (χ3n) is 14.2. The van der Waals surface area contributed by atoms with Crippen molar-refractivity contribution in [2.24, 2.45) is 53.3 Å². The number of halogens is 1. The number of hydrogen-bond donors (Lipinski definition) is 8. The maximum atomic E-state index is 6.72.